The van der Waals surface area contributed by atoms with Crippen LogP contribution in [0.4, 0.5) is 16.2 Å². The molecule has 0 aromatic heterocycles. The second-order valence-electron chi connectivity index (χ2n) is 5.17. The summed E-state index contributed by atoms with van der Waals surface area (Å²) in [5.74, 6) is 0. The number of amides is 2. The summed E-state index contributed by atoms with van der Waals surface area (Å²) in [6.45, 7) is 1.72. The lowest BCUT2D eigenvalue weighted by Crippen LogP contribution is -2.42. The molecule has 0 aliphatic heterocycles. The number of nitro benzene ring substituents is 1. The first-order valence-corrected chi connectivity index (χ1v) is 6.86. The number of nitrogens with zero attached hydrogens (tertiary/aromatic N) is 1. The Hall–Kier alpha value is -2.15. The second-order valence-corrected chi connectivity index (χ2v) is 5.17. The zero-order valence-electron chi connectivity index (χ0n) is 12.1. The Morgan fingerprint density at radius 2 is 2.19 bits per heavy atom. The summed E-state index contributed by atoms with van der Waals surface area (Å²) >= 11 is 0. The molecule has 0 spiro atoms. The minimum absolute atomic E-state index is 0.00774. The van der Waals surface area contributed by atoms with E-state index in [1.807, 2.05) is 0 Å². The summed E-state index contributed by atoms with van der Waals surface area (Å²) in [4.78, 5) is 22.2. The number of carbonyl (C=O) groups excluding carboxylic acids is 1. The van der Waals surface area contributed by atoms with Gasteiger partial charge in [-0.25, -0.2) is 4.79 Å². The summed E-state index contributed by atoms with van der Waals surface area (Å²) in [5.41, 5.74) is 1.22. The topological polar surface area (TPSA) is 93.5 Å². The number of hydrogen-bond donors (Lipinski definition) is 2. The Morgan fingerprint density at radius 3 is 2.81 bits per heavy atom. The first-order valence-electron chi connectivity index (χ1n) is 6.86. The first-order chi connectivity index (χ1) is 10.0. The van der Waals surface area contributed by atoms with Gasteiger partial charge in [-0.3, -0.25) is 10.1 Å². The number of anilines is 1. The maximum Gasteiger partial charge on any atom is 0.319 e. The van der Waals surface area contributed by atoms with E-state index < -0.39 is 4.92 Å². The molecule has 7 nitrogen and oxygen atoms in total. The Kier molecular flexibility index (Phi) is 4.74. The van der Waals surface area contributed by atoms with E-state index in [0.29, 0.717) is 11.3 Å². The molecule has 0 saturated heterocycles. The molecule has 0 heterocycles. The number of methoxy groups -OCH3 is 1. The van der Waals surface area contributed by atoms with Crippen LogP contribution >= 0.6 is 0 Å². The molecular weight excluding hydrogens is 274 g/mol. The van der Waals surface area contributed by atoms with E-state index in [1.54, 1.807) is 14.0 Å². The van der Waals surface area contributed by atoms with Crippen LogP contribution in [0.15, 0.2) is 18.2 Å². The lowest BCUT2D eigenvalue weighted by molar-refractivity contribution is -0.384. The Balaban J connectivity index is 1.98. The molecule has 2 atom stereocenters. The van der Waals surface area contributed by atoms with Crippen LogP contribution in [0.25, 0.3) is 0 Å². The average molecular weight is 293 g/mol. The van der Waals surface area contributed by atoms with Crippen molar-refractivity contribution in [3.63, 3.8) is 0 Å². The number of nitrogens with one attached hydrogen (secondary N) is 2. The SMILES string of the molecule is CO[C@@H]1CCC[C@H]1NC(=O)Nc1ccc([N+](=O)[O-])cc1C. The molecule has 1 fully saturated rings. The number of urea groups is 1. The van der Waals surface area contributed by atoms with Crippen LogP contribution in [0.3, 0.4) is 0 Å². The van der Waals surface area contributed by atoms with Gasteiger partial charge in [0.2, 0.25) is 0 Å². The fourth-order valence-corrected chi connectivity index (χ4v) is 2.60. The zero-order valence-corrected chi connectivity index (χ0v) is 12.1. The maximum atomic E-state index is 12.0. The van der Waals surface area contributed by atoms with E-state index in [0.717, 1.165) is 19.3 Å². The number of carbonyl (C=O) groups is 1. The summed E-state index contributed by atoms with van der Waals surface area (Å²) in [7, 11) is 1.64. The number of rotatable bonds is 4. The van der Waals surface area contributed by atoms with Crippen LogP contribution in [-0.2, 0) is 4.74 Å². The average Bonchev–Trinajstić information content (AvgIpc) is 2.87. The predicted octanol–water partition coefficient (Wildman–Crippen LogP) is 2.59. The molecule has 7 heteroatoms. The van der Waals surface area contributed by atoms with Crippen LogP contribution in [0.1, 0.15) is 24.8 Å². The quantitative estimate of drug-likeness (QED) is 0.659. The number of non-ortho nitro benzene ring substituents is 1. The first kappa shape index (κ1) is 15.2. The molecule has 1 aliphatic carbocycles. The molecule has 1 aromatic rings. The highest BCUT2D eigenvalue weighted by molar-refractivity contribution is 5.90. The van der Waals surface area contributed by atoms with Crippen LogP contribution < -0.4 is 10.6 Å². The number of aryl methyl sites for hydroxylation is 1. The fraction of sp³-hybridized carbons (Fsp3) is 0.500. The molecule has 114 valence electrons. The van der Waals surface area contributed by atoms with Crippen LogP contribution in [0, 0.1) is 17.0 Å². The van der Waals surface area contributed by atoms with Crippen molar-refractivity contribution < 1.29 is 14.5 Å². The predicted molar refractivity (Wildman–Crippen MR) is 78.4 cm³/mol. The van der Waals surface area contributed by atoms with Crippen molar-refractivity contribution in [3.8, 4) is 0 Å². The molecule has 2 rings (SSSR count). The Morgan fingerprint density at radius 1 is 1.43 bits per heavy atom. The van der Waals surface area contributed by atoms with Crippen molar-refractivity contribution in [3.05, 3.63) is 33.9 Å². The summed E-state index contributed by atoms with van der Waals surface area (Å²) in [6.07, 6.45) is 2.91. The molecule has 2 amide bonds. The molecule has 21 heavy (non-hydrogen) atoms. The molecule has 1 saturated carbocycles. The van der Waals surface area contributed by atoms with Gasteiger partial charge in [0.1, 0.15) is 0 Å². The van der Waals surface area contributed by atoms with Crippen LogP contribution in [-0.4, -0.2) is 30.2 Å². The van der Waals surface area contributed by atoms with Gasteiger partial charge in [-0.2, -0.15) is 0 Å². The summed E-state index contributed by atoms with van der Waals surface area (Å²) < 4.78 is 5.32. The third-order valence-electron chi connectivity index (χ3n) is 3.74. The van der Waals surface area contributed by atoms with Crippen molar-refractivity contribution in [2.75, 3.05) is 12.4 Å². The van der Waals surface area contributed by atoms with Crippen molar-refractivity contribution in [1.82, 2.24) is 5.32 Å². The number of ether oxygens (including phenoxy) is 1. The van der Waals surface area contributed by atoms with E-state index >= 15 is 0 Å². The van der Waals surface area contributed by atoms with Gasteiger partial charge >= 0.3 is 6.03 Å². The highest BCUT2D eigenvalue weighted by Crippen LogP contribution is 2.23. The van der Waals surface area contributed by atoms with Gasteiger partial charge < -0.3 is 15.4 Å². The third-order valence-corrected chi connectivity index (χ3v) is 3.74. The normalized spacial score (nSPS) is 21.0. The van der Waals surface area contributed by atoms with E-state index in [9.17, 15) is 14.9 Å². The highest BCUT2D eigenvalue weighted by atomic mass is 16.6. The van der Waals surface area contributed by atoms with E-state index in [1.165, 1.54) is 18.2 Å². The molecule has 2 N–H and O–H groups in total. The molecule has 1 aromatic carbocycles. The van der Waals surface area contributed by atoms with Gasteiger partial charge in [0, 0.05) is 24.9 Å². The minimum Gasteiger partial charge on any atom is -0.379 e. The lowest BCUT2D eigenvalue weighted by atomic mass is 10.2. The lowest BCUT2D eigenvalue weighted by Gasteiger charge is -2.20. The second kappa shape index (κ2) is 6.53. The molecule has 1 aliphatic rings. The van der Waals surface area contributed by atoms with Crippen molar-refractivity contribution in [2.24, 2.45) is 0 Å². The molecule has 0 unspecified atom stereocenters. The molecular formula is C14H19N3O4. The van der Waals surface area contributed by atoms with E-state index in [4.69, 9.17) is 4.74 Å². The van der Waals surface area contributed by atoms with Crippen LogP contribution in [0.5, 0.6) is 0 Å². The fourth-order valence-electron chi connectivity index (χ4n) is 2.60. The van der Waals surface area contributed by atoms with Gasteiger partial charge in [-0.1, -0.05) is 0 Å². The van der Waals surface area contributed by atoms with Crippen LogP contribution in [0.2, 0.25) is 0 Å². The number of hydrogen-bond acceptors (Lipinski definition) is 4. The van der Waals surface area contributed by atoms with Gasteiger partial charge in [0.25, 0.3) is 5.69 Å². The maximum absolute atomic E-state index is 12.0. The minimum atomic E-state index is -0.460. The van der Waals surface area contributed by atoms with Gasteiger partial charge in [0.05, 0.1) is 17.1 Å². The zero-order chi connectivity index (χ0) is 15.4. The third kappa shape index (κ3) is 3.69. The Bertz CT molecular complexity index is 547. The monoisotopic (exact) mass is 293 g/mol. The largest absolute Gasteiger partial charge is 0.379 e. The summed E-state index contributed by atoms with van der Waals surface area (Å²) in [6, 6.07) is 4.03. The number of nitro groups is 1. The van der Waals surface area contributed by atoms with E-state index in [-0.39, 0.29) is 23.9 Å². The Labute approximate surface area is 122 Å². The summed E-state index contributed by atoms with van der Waals surface area (Å²) in [5, 5.41) is 16.3. The molecule has 0 bridgehead atoms. The van der Waals surface area contributed by atoms with Crippen molar-refractivity contribution in [1.29, 1.82) is 0 Å². The smallest absolute Gasteiger partial charge is 0.319 e. The van der Waals surface area contributed by atoms with E-state index in [2.05, 4.69) is 10.6 Å². The van der Waals surface area contributed by atoms with Crippen molar-refractivity contribution in [2.45, 2.75) is 38.3 Å². The van der Waals surface area contributed by atoms with Crippen molar-refractivity contribution >= 4 is 17.4 Å². The van der Waals surface area contributed by atoms with Gasteiger partial charge in [-0.05, 0) is 37.8 Å². The van der Waals surface area contributed by atoms with Gasteiger partial charge in [0.15, 0.2) is 0 Å². The molecule has 0 radical (unpaired) electrons. The van der Waals surface area contributed by atoms with Gasteiger partial charge in [-0.15, -0.1) is 0 Å². The standard InChI is InChI=1S/C14H19N3O4/c1-9-8-10(17(19)20)6-7-11(9)15-14(18)16-12-4-3-5-13(12)21-2/h6-8,12-13H,3-5H2,1-2H3,(H2,15,16,18)/t12-,13-/m1/s1. The highest BCUT2D eigenvalue weighted by Gasteiger charge is 2.28. The number of benzene rings is 1.